The van der Waals surface area contributed by atoms with Crippen LogP contribution in [-0.2, 0) is 14.8 Å². The van der Waals surface area contributed by atoms with E-state index in [-0.39, 0.29) is 5.75 Å². The summed E-state index contributed by atoms with van der Waals surface area (Å²) in [6.07, 6.45) is 0. The monoisotopic (exact) mass is 263 g/mol. The van der Waals surface area contributed by atoms with Crippen LogP contribution in [0.2, 0.25) is 0 Å². The molecule has 2 rings (SSSR count). The molecule has 15 heavy (non-hydrogen) atoms. The molecule has 0 unspecified atom stereocenters. The normalized spacial score (nSPS) is 11.8. The second-order valence-electron chi connectivity index (χ2n) is 2.84. The van der Waals surface area contributed by atoms with E-state index in [2.05, 4.69) is 5.16 Å². The van der Waals surface area contributed by atoms with Gasteiger partial charge in [-0.2, -0.15) is 0 Å². The lowest BCUT2D eigenvalue weighted by Crippen LogP contribution is -1.94. The Kier molecular flexibility index (Phi) is 2.81. The van der Waals surface area contributed by atoms with E-state index >= 15 is 0 Å². The van der Waals surface area contributed by atoms with Crippen LogP contribution in [0.4, 0.5) is 0 Å². The van der Waals surface area contributed by atoms with Gasteiger partial charge in [-0.15, -0.1) is 11.3 Å². The standard InChI is InChI=1S/C8H6ClNO3S2/c9-15(11,12)5-6-4-7(13-10-6)8-2-1-3-14-8/h1-4H,5H2. The highest BCUT2D eigenvalue weighted by Gasteiger charge is 2.13. The van der Waals surface area contributed by atoms with Gasteiger partial charge in [0.25, 0.3) is 0 Å². The van der Waals surface area contributed by atoms with Crippen LogP contribution in [0.1, 0.15) is 5.69 Å². The maximum absolute atomic E-state index is 10.8. The molecule has 0 atom stereocenters. The number of rotatable bonds is 3. The van der Waals surface area contributed by atoms with E-state index in [9.17, 15) is 8.42 Å². The number of nitrogens with zero attached hydrogens (tertiary/aromatic N) is 1. The van der Waals surface area contributed by atoms with E-state index in [4.69, 9.17) is 15.2 Å². The van der Waals surface area contributed by atoms with E-state index in [0.717, 1.165) is 4.88 Å². The first-order valence-corrected chi connectivity index (χ1v) is 7.32. The molecule has 0 amide bonds. The lowest BCUT2D eigenvalue weighted by Gasteiger charge is -1.86. The van der Waals surface area contributed by atoms with Crippen LogP contribution in [0.25, 0.3) is 10.6 Å². The third-order valence-corrected chi connectivity index (χ3v) is 3.50. The highest BCUT2D eigenvalue weighted by atomic mass is 35.7. The molecule has 0 aliphatic carbocycles. The molecule has 0 saturated carbocycles. The molecule has 2 aromatic rings. The zero-order valence-corrected chi connectivity index (χ0v) is 9.77. The molecule has 2 heterocycles. The van der Waals surface area contributed by atoms with Crippen LogP contribution >= 0.6 is 22.0 Å². The van der Waals surface area contributed by atoms with Gasteiger partial charge in [0.05, 0.1) is 4.88 Å². The molecular weight excluding hydrogens is 258 g/mol. The van der Waals surface area contributed by atoms with Crippen molar-refractivity contribution in [3.05, 3.63) is 29.3 Å². The molecule has 0 aliphatic rings. The summed E-state index contributed by atoms with van der Waals surface area (Å²) < 4.78 is 26.6. The average molecular weight is 264 g/mol. The lowest BCUT2D eigenvalue weighted by atomic mass is 10.3. The Hall–Kier alpha value is -0.850. The zero-order valence-electron chi connectivity index (χ0n) is 7.38. The summed E-state index contributed by atoms with van der Waals surface area (Å²) >= 11 is 1.49. The van der Waals surface area contributed by atoms with Gasteiger partial charge in [0.2, 0.25) is 9.05 Å². The largest absolute Gasteiger partial charge is 0.355 e. The highest BCUT2D eigenvalue weighted by Crippen LogP contribution is 2.25. The third kappa shape index (κ3) is 2.80. The fourth-order valence-corrected chi connectivity index (χ4v) is 2.59. The second kappa shape index (κ2) is 3.96. The highest BCUT2D eigenvalue weighted by molar-refractivity contribution is 8.13. The summed E-state index contributed by atoms with van der Waals surface area (Å²) in [6.45, 7) is 0. The molecule has 0 aliphatic heterocycles. The smallest absolute Gasteiger partial charge is 0.238 e. The van der Waals surface area contributed by atoms with Gasteiger partial charge < -0.3 is 4.52 Å². The Balaban J connectivity index is 2.25. The number of aromatic nitrogens is 1. The molecule has 80 valence electrons. The van der Waals surface area contributed by atoms with E-state index in [1.165, 1.54) is 11.3 Å². The van der Waals surface area contributed by atoms with Crippen LogP contribution in [0.15, 0.2) is 28.1 Å². The maximum atomic E-state index is 10.8. The Morgan fingerprint density at radius 1 is 1.53 bits per heavy atom. The predicted molar refractivity (Wildman–Crippen MR) is 58.3 cm³/mol. The van der Waals surface area contributed by atoms with Crippen LogP contribution in [-0.4, -0.2) is 13.6 Å². The van der Waals surface area contributed by atoms with Crippen molar-refractivity contribution in [2.75, 3.05) is 0 Å². The van der Waals surface area contributed by atoms with Crippen molar-refractivity contribution in [3.63, 3.8) is 0 Å². The first-order valence-electron chi connectivity index (χ1n) is 3.96. The van der Waals surface area contributed by atoms with Crippen molar-refractivity contribution in [1.29, 1.82) is 0 Å². The lowest BCUT2D eigenvalue weighted by molar-refractivity contribution is 0.426. The third-order valence-electron chi connectivity index (χ3n) is 1.64. The minimum atomic E-state index is -3.58. The van der Waals surface area contributed by atoms with Crippen LogP contribution in [0.5, 0.6) is 0 Å². The summed E-state index contributed by atoms with van der Waals surface area (Å²) in [7, 11) is 1.52. The molecule has 7 heteroatoms. The summed E-state index contributed by atoms with van der Waals surface area (Å²) in [5.74, 6) is 0.240. The molecule has 0 aromatic carbocycles. The molecule has 0 radical (unpaired) electrons. The van der Waals surface area contributed by atoms with E-state index in [1.807, 2.05) is 17.5 Å². The van der Waals surface area contributed by atoms with Gasteiger partial charge >= 0.3 is 0 Å². The second-order valence-corrected chi connectivity index (χ2v) is 6.57. The number of hydrogen-bond acceptors (Lipinski definition) is 5. The average Bonchev–Trinajstić information content (AvgIpc) is 2.68. The molecule has 0 bridgehead atoms. The van der Waals surface area contributed by atoms with Crippen molar-refractivity contribution in [2.45, 2.75) is 5.75 Å². The molecule has 2 aromatic heterocycles. The van der Waals surface area contributed by atoms with Crippen LogP contribution in [0.3, 0.4) is 0 Å². The van der Waals surface area contributed by atoms with Gasteiger partial charge in [0.1, 0.15) is 11.4 Å². The number of thiophene rings is 1. The van der Waals surface area contributed by atoms with Gasteiger partial charge in [-0.3, -0.25) is 0 Å². The van der Waals surface area contributed by atoms with Gasteiger partial charge in [-0.25, -0.2) is 8.42 Å². The SMILES string of the molecule is O=S(=O)(Cl)Cc1cc(-c2cccs2)on1. The zero-order chi connectivity index (χ0) is 10.9. The Morgan fingerprint density at radius 2 is 2.33 bits per heavy atom. The summed E-state index contributed by atoms with van der Waals surface area (Å²) in [6, 6.07) is 5.32. The quantitative estimate of drug-likeness (QED) is 0.798. The molecule has 0 fully saturated rings. The van der Waals surface area contributed by atoms with E-state index < -0.39 is 9.05 Å². The molecule has 4 nitrogen and oxygen atoms in total. The first kappa shape index (κ1) is 10.7. The fraction of sp³-hybridized carbons (Fsp3) is 0.125. The predicted octanol–water partition coefficient (Wildman–Crippen LogP) is 2.47. The Labute approximate surface area is 94.9 Å². The maximum Gasteiger partial charge on any atom is 0.238 e. The molecular formula is C8H6ClNO3S2. The van der Waals surface area contributed by atoms with Gasteiger partial charge in [0.15, 0.2) is 5.76 Å². The van der Waals surface area contributed by atoms with Crippen molar-refractivity contribution < 1.29 is 12.9 Å². The number of hydrogen-bond donors (Lipinski definition) is 0. The van der Waals surface area contributed by atoms with Crippen molar-refractivity contribution >= 4 is 31.1 Å². The van der Waals surface area contributed by atoms with Crippen molar-refractivity contribution in [2.24, 2.45) is 0 Å². The van der Waals surface area contributed by atoms with Crippen molar-refractivity contribution in [3.8, 4) is 10.6 Å². The van der Waals surface area contributed by atoms with E-state index in [1.54, 1.807) is 6.07 Å². The molecule has 0 saturated heterocycles. The number of halogens is 1. The van der Waals surface area contributed by atoms with Gasteiger partial charge in [0, 0.05) is 16.7 Å². The van der Waals surface area contributed by atoms with Crippen molar-refractivity contribution in [1.82, 2.24) is 5.16 Å². The fourth-order valence-electron chi connectivity index (χ4n) is 1.09. The molecule has 0 N–H and O–H groups in total. The summed E-state index contributed by atoms with van der Waals surface area (Å²) in [5.41, 5.74) is 0.313. The topological polar surface area (TPSA) is 60.2 Å². The minimum Gasteiger partial charge on any atom is -0.355 e. The Bertz CT molecular complexity index is 544. The Morgan fingerprint density at radius 3 is 2.93 bits per heavy atom. The molecule has 0 spiro atoms. The van der Waals surface area contributed by atoms with Crippen LogP contribution in [0, 0.1) is 0 Å². The first-order chi connectivity index (χ1) is 7.04. The summed E-state index contributed by atoms with van der Waals surface area (Å²) in [5, 5.41) is 5.52. The van der Waals surface area contributed by atoms with E-state index in [0.29, 0.717) is 11.5 Å². The van der Waals surface area contributed by atoms with Crippen LogP contribution < -0.4 is 0 Å². The summed E-state index contributed by atoms with van der Waals surface area (Å²) in [4.78, 5) is 0.903. The van der Waals surface area contributed by atoms with Gasteiger partial charge in [-0.05, 0) is 11.4 Å². The van der Waals surface area contributed by atoms with Gasteiger partial charge in [-0.1, -0.05) is 11.2 Å². The minimum absolute atomic E-state index is 0.313.